The number of anilines is 2. The molecule has 0 atom stereocenters. The van der Waals surface area contributed by atoms with Crippen molar-refractivity contribution in [3.8, 4) is 0 Å². The molecule has 0 saturated carbocycles. The third-order valence-electron chi connectivity index (χ3n) is 3.85. The lowest BCUT2D eigenvalue weighted by molar-refractivity contribution is 0.103. The number of ether oxygens (including phenoxy) is 1. The van der Waals surface area contributed by atoms with Crippen LogP contribution in [0.2, 0.25) is 0 Å². The van der Waals surface area contributed by atoms with Gasteiger partial charge in [-0.3, -0.25) is 10.1 Å². The van der Waals surface area contributed by atoms with Gasteiger partial charge in [-0.2, -0.15) is 0 Å². The van der Waals surface area contributed by atoms with E-state index in [-0.39, 0.29) is 5.91 Å². The van der Waals surface area contributed by atoms with Crippen LogP contribution >= 0.6 is 22.7 Å². The molecule has 2 aromatic carbocycles. The van der Waals surface area contributed by atoms with Crippen LogP contribution in [-0.4, -0.2) is 19.1 Å². The van der Waals surface area contributed by atoms with E-state index in [1.54, 1.807) is 35.6 Å². The maximum Gasteiger partial charge on any atom is 0.411 e. The maximum absolute atomic E-state index is 12.5. The van der Waals surface area contributed by atoms with Crippen molar-refractivity contribution in [2.45, 2.75) is 0 Å². The highest BCUT2D eigenvalue weighted by Gasteiger charge is 2.14. The van der Waals surface area contributed by atoms with Gasteiger partial charge in [-0.25, -0.2) is 4.79 Å². The number of carbonyl (C=O) groups excluding carboxylic acids is 2. The fourth-order valence-corrected chi connectivity index (χ4v) is 5.03. The molecule has 4 rings (SSSR count). The molecule has 2 heterocycles. The number of fused-ring (bicyclic) bond motifs is 3. The standard InChI is InChI=1S/C19H14N2O3S2/c1-24-19(23)21-12-8-6-11(7-9-12)20-18(22)16-10-15-17(26-16)13-4-2-3-5-14(13)25-15/h2-10H,1H3,(H,20,22)(H,21,23). The normalized spacial score (nSPS) is 10.8. The van der Waals surface area contributed by atoms with Gasteiger partial charge >= 0.3 is 6.09 Å². The van der Waals surface area contributed by atoms with Gasteiger partial charge in [-0.1, -0.05) is 18.2 Å². The topological polar surface area (TPSA) is 67.4 Å². The zero-order valence-electron chi connectivity index (χ0n) is 13.7. The van der Waals surface area contributed by atoms with E-state index in [1.165, 1.54) is 28.5 Å². The van der Waals surface area contributed by atoms with Crippen molar-refractivity contribution in [2.24, 2.45) is 0 Å². The molecule has 0 spiro atoms. The van der Waals surface area contributed by atoms with Crippen molar-refractivity contribution < 1.29 is 14.3 Å². The molecule has 26 heavy (non-hydrogen) atoms. The Bertz CT molecular complexity index is 1110. The average molecular weight is 382 g/mol. The number of hydrogen-bond acceptors (Lipinski definition) is 5. The molecular weight excluding hydrogens is 368 g/mol. The van der Waals surface area contributed by atoms with Crippen LogP contribution in [0, 0.1) is 0 Å². The lowest BCUT2D eigenvalue weighted by Crippen LogP contribution is -2.12. The van der Waals surface area contributed by atoms with E-state index in [9.17, 15) is 9.59 Å². The number of hydrogen-bond donors (Lipinski definition) is 2. The zero-order chi connectivity index (χ0) is 18.1. The quantitative estimate of drug-likeness (QED) is 0.488. The Labute approximate surface area is 157 Å². The fraction of sp³-hybridized carbons (Fsp3) is 0.0526. The molecule has 5 nitrogen and oxygen atoms in total. The van der Waals surface area contributed by atoms with Gasteiger partial charge in [0.25, 0.3) is 5.91 Å². The molecule has 0 aliphatic heterocycles. The summed E-state index contributed by atoms with van der Waals surface area (Å²) >= 11 is 3.19. The van der Waals surface area contributed by atoms with Crippen LogP contribution in [0.15, 0.2) is 54.6 Å². The zero-order valence-corrected chi connectivity index (χ0v) is 15.4. The molecule has 0 aliphatic rings. The second-order valence-electron chi connectivity index (χ2n) is 5.55. The highest BCUT2D eigenvalue weighted by molar-refractivity contribution is 7.33. The first kappa shape index (κ1) is 16.6. The van der Waals surface area contributed by atoms with E-state index < -0.39 is 6.09 Å². The number of amides is 2. The minimum Gasteiger partial charge on any atom is -0.453 e. The van der Waals surface area contributed by atoms with Gasteiger partial charge in [-0.05, 0) is 36.4 Å². The highest BCUT2D eigenvalue weighted by Crippen LogP contribution is 2.39. The lowest BCUT2D eigenvalue weighted by atomic mass is 10.2. The summed E-state index contributed by atoms with van der Waals surface area (Å²) in [5.74, 6) is -0.142. The molecule has 4 aromatic rings. The first-order valence-electron chi connectivity index (χ1n) is 7.81. The molecule has 0 aliphatic carbocycles. The molecule has 0 fully saturated rings. The number of methoxy groups -OCH3 is 1. The predicted molar refractivity (Wildman–Crippen MR) is 108 cm³/mol. The predicted octanol–water partition coefficient (Wildman–Crippen LogP) is 5.55. The Kier molecular flexibility index (Phi) is 4.32. The third kappa shape index (κ3) is 3.14. The Balaban J connectivity index is 1.52. The van der Waals surface area contributed by atoms with Crippen molar-refractivity contribution >= 4 is 65.5 Å². The maximum atomic E-state index is 12.5. The molecule has 0 saturated heterocycles. The van der Waals surface area contributed by atoms with E-state index in [0.717, 1.165) is 9.40 Å². The molecule has 0 unspecified atom stereocenters. The average Bonchev–Trinajstić information content (AvgIpc) is 3.21. The van der Waals surface area contributed by atoms with Gasteiger partial charge < -0.3 is 10.1 Å². The number of carbonyl (C=O) groups is 2. The smallest absolute Gasteiger partial charge is 0.411 e. The highest BCUT2D eigenvalue weighted by atomic mass is 32.1. The van der Waals surface area contributed by atoms with Crippen molar-refractivity contribution in [1.82, 2.24) is 0 Å². The second-order valence-corrected chi connectivity index (χ2v) is 7.69. The van der Waals surface area contributed by atoms with Gasteiger partial charge in [0, 0.05) is 26.2 Å². The molecule has 7 heteroatoms. The van der Waals surface area contributed by atoms with Gasteiger partial charge in [0.05, 0.1) is 16.7 Å². The summed E-state index contributed by atoms with van der Waals surface area (Å²) in [5, 5.41) is 6.64. The van der Waals surface area contributed by atoms with Crippen molar-refractivity contribution in [3.05, 3.63) is 59.5 Å². The number of nitrogens with one attached hydrogen (secondary N) is 2. The van der Waals surface area contributed by atoms with Crippen LogP contribution in [0.25, 0.3) is 19.5 Å². The second kappa shape index (κ2) is 6.78. The van der Waals surface area contributed by atoms with Crippen molar-refractivity contribution in [1.29, 1.82) is 0 Å². The van der Waals surface area contributed by atoms with Gasteiger partial charge in [-0.15, -0.1) is 22.7 Å². The van der Waals surface area contributed by atoms with Crippen LogP contribution in [0.1, 0.15) is 9.67 Å². The Morgan fingerprint density at radius 2 is 1.58 bits per heavy atom. The Hall–Kier alpha value is -2.90. The molecule has 2 N–H and O–H groups in total. The van der Waals surface area contributed by atoms with Crippen molar-refractivity contribution in [3.63, 3.8) is 0 Å². The summed E-state index contributed by atoms with van der Waals surface area (Å²) < 4.78 is 8.04. The molecule has 2 amide bonds. The van der Waals surface area contributed by atoms with Gasteiger partial charge in [0.1, 0.15) is 0 Å². The van der Waals surface area contributed by atoms with Crippen LogP contribution in [0.5, 0.6) is 0 Å². The van der Waals surface area contributed by atoms with Crippen LogP contribution in [0.3, 0.4) is 0 Å². The van der Waals surface area contributed by atoms with E-state index in [4.69, 9.17) is 0 Å². The minimum atomic E-state index is -0.535. The monoisotopic (exact) mass is 382 g/mol. The Morgan fingerprint density at radius 1 is 0.885 bits per heavy atom. The first-order valence-corrected chi connectivity index (χ1v) is 9.45. The first-order chi connectivity index (χ1) is 12.6. The molecule has 0 radical (unpaired) electrons. The summed E-state index contributed by atoms with van der Waals surface area (Å²) in [4.78, 5) is 24.4. The summed E-state index contributed by atoms with van der Waals surface area (Å²) in [6, 6.07) is 17.0. The molecule has 130 valence electrons. The van der Waals surface area contributed by atoms with Crippen LogP contribution < -0.4 is 10.6 Å². The van der Waals surface area contributed by atoms with Crippen molar-refractivity contribution in [2.75, 3.05) is 17.7 Å². The number of thiophene rings is 2. The summed E-state index contributed by atoms with van der Waals surface area (Å²) in [5.41, 5.74) is 1.25. The summed E-state index contributed by atoms with van der Waals surface area (Å²) in [7, 11) is 1.30. The van der Waals surface area contributed by atoms with E-state index >= 15 is 0 Å². The number of rotatable bonds is 3. The van der Waals surface area contributed by atoms with Crippen LogP contribution in [0.4, 0.5) is 16.2 Å². The summed E-state index contributed by atoms with van der Waals surface area (Å²) in [6.07, 6.45) is -0.535. The lowest BCUT2D eigenvalue weighted by Gasteiger charge is -2.06. The fourth-order valence-electron chi connectivity index (χ4n) is 2.61. The minimum absolute atomic E-state index is 0.142. The molecular formula is C19H14N2O3S2. The summed E-state index contributed by atoms with van der Waals surface area (Å²) in [6.45, 7) is 0. The largest absolute Gasteiger partial charge is 0.453 e. The number of benzene rings is 2. The van der Waals surface area contributed by atoms with E-state index in [2.05, 4.69) is 27.5 Å². The third-order valence-corrected chi connectivity index (χ3v) is 6.26. The molecule has 2 aromatic heterocycles. The molecule has 0 bridgehead atoms. The Morgan fingerprint density at radius 3 is 2.31 bits per heavy atom. The van der Waals surface area contributed by atoms with Crippen LogP contribution in [-0.2, 0) is 4.74 Å². The van der Waals surface area contributed by atoms with E-state index in [1.807, 2.05) is 18.2 Å². The van der Waals surface area contributed by atoms with E-state index in [0.29, 0.717) is 16.3 Å². The van der Waals surface area contributed by atoms with Gasteiger partial charge in [0.15, 0.2) is 0 Å². The van der Waals surface area contributed by atoms with Gasteiger partial charge in [0.2, 0.25) is 0 Å². The SMILES string of the molecule is COC(=O)Nc1ccc(NC(=O)c2cc3sc4ccccc4c3s2)cc1.